The molecule has 1 fully saturated rings. The van der Waals surface area contributed by atoms with Crippen molar-refractivity contribution in [2.75, 3.05) is 26.2 Å². The lowest BCUT2D eigenvalue weighted by Crippen LogP contribution is -2.34. The third-order valence-electron chi connectivity index (χ3n) is 2.67. The van der Waals surface area contributed by atoms with E-state index in [2.05, 4.69) is 18.7 Å². The van der Waals surface area contributed by atoms with Crippen LogP contribution in [-0.2, 0) is 4.74 Å². The van der Waals surface area contributed by atoms with Gasteiger partial charge < -0.3 is 10.5 Å². The molecule has 1 saturated heterocycles. The van der Waals surface area contributed by atoms with E-state index in [9.17, 15) is 0 Å². The van der Waals surface area contributed by atoms with Crippen LogP contribution in [-0.4, -0.2) is 43.3 Å². The average Bonchev–Trinajstić information content (AvgIpc) is 2.43. The van der Waals surface area contributed by atoms with Crippen LogP contribution in [0.4, 0.5) is 0 Å². The molecule has 1 aliphatic rings. The highest BCUT2D eigenvalue weighted by atomic mass is 16.5. The van der Waals surface area contributed by atoms with Crippen LogP contribution >= 0.6 is 0 Å². The van der Waals surface area contributed by atoms with E-state index >= 15 is 0 Å². The van der Waals surface area contributed by atoms with E-state index in [-0.39, 0.29) is 0 Å². The molecular formula is C9H20N2O. The van der Waals surface area contributed by atoms with E-state index in [4.69, 9.17) is 10.5 Å². The number of nitrogens with zero attached hydrogens (tertiary/aromatic N) is 1. The van der Waals surface area contributed by atoms with Crippen molar-refractivity contribution in [1.82, 2.24) is 4.90 Å². The predicted molar refractivity (Wildman–Crippen MR) is 50.1 cm³/mol. The van der Waals surface area contributed by atoms with Crippen molar-refractivity contribution in [3.63, 3.8) is 0 Å². The van der Waals surface area contributed by atoms with Gasteiger partial charge >= 0.3 is 0 Å². The van der Waals surface area contributed by atoms with Crippen molar-refractivity contribution in [2.24, 2.45) is 5.73 Å². The monoisotopic (exact) mass is 172 g/mol. The largest absolute Gasteiger partial charge is 0.375 e. The maximum Gasteiger partial charge on any atom is 0.0740 e. The Morgan fingerprint density at radius 1 is 1.58 bits per heavy atom. The highest BCUT2D eigenvalue weighted by Crippen LogP contribution is 2.19. The summed E-state index contributed by atoms with van der Waals surface area (Å²) in [5.74, 6) is 0. The summed E-state index contributed by atoms with van der Waals surface area (Å²) >= 11 is 0. The molecule has 0 aromatic carbocycles. The van der Waals surface area contributed by atoms with Crippen molar-refractivity contribution in [3.8, 4) is 0 Å². The summed E-state index contributed by atoms with van der Waals surface area (Å²) in [5.41, 5.74) is 5.38. The quantitative estimate of drug-likeness (QED) is 0.669. The van der Waals surface area contributed by atoms with Crippen LogP contribution in [0.2, 0.25) is 0 Å². The molecule has 2 unspecified atom stereocenters. The fourth-order valence-corrected chi connectivity index (χ4v) is 1.86. The van der Waals surface area contributed by atoms with Crippen LogP contribution in [0.3, 0.4) is 0 Å². The molecular weight excluding hydrogens is 152 g/mol. The number of likely N-dealkylation sites (tertiary alicyclic amines) is 1. The fraction of sp³-hybridized carbons (Fsp3) is 1.00. The number of hydrogen-bond donors (Lipinski definition) is 1. The van der Waals surface area contributed by atoms with Crippen molar-refractivity contribution >= 4 is 0 Å². The molecule has 2 atom stereocenters. The first-order valence-corrected chi connectivity index (χ1v) is 4.85. The van der Waals surface area contributed by atoms with Gasteiger partial charge in [0.1, 0.15) is 0 Å². The van der Waals surface area contributed by atoms with Gasteiger partial charge in [-0.25, -0.2) is 0 Å². The minimum atomic E-state index is 0.411. The molecule has 3 nitrogen and oxygen atoms in total. The third kappa shape index (κ3) is 2.19. The van der Waals surface area contributed by atoms with E-state index in [0.717, 1.165) is 13.0 Å². The molecule has 0 amide bonds. The predicted octanol–water partition coefficient (Wildman–Crippen LogP) is 0.444. The van der Waals surface area contributed by atoms with Crippen LogP contribution in [0.25, 0.3) is 0 Å². The molecule has 0 aliphatic carbocycles. The van der Waals surface area contributed by atoms with Gasteiger partial charge in [0.15, 0.2) is 0 Å². The minimum Gasteiger partial charge on any atom is -0.375 e. The van der Waals surface area contributed by atoms with Crippen molar-refractivity contribution in [3.05, 3.63) is 0 Å². The zero-order valence-corrected chi connectivity index (χ0v) is 8.12. The molecule has 1 aliphatic heterocycles. The summed E-state index contributed by atoms with van der Waals surface area (Å²) in [6.45, 7) is 8.07. The zero-order valence-electron chi connectivity index (χ0n) is 8.12. The van der Waals surface area contributed by atoms with Gasteiger partial charge in [-0.2, -0.15) is 0 Å². The van der Waals surface area contributed by atoms with Crippen LogP contribution in [0, 0.1) is 0 Å². The van der Waals surface area contributed by atoms with Crippen LogP contribution in [0.5, 0.6) is 0 Å². The Morgan fingerprint density at radius 3 is 2.83 bits per heavy atom. The maximum absolute atomic E-state index is 5.63. The number of rotatable bonds is 4. The summed E-state index contributed by atoms with van der Waals surface area (Å²) in [4.78, 5) is 2.45. The zero-order chi connectivity index (χ0) is 8.97. The van der Waals surface area contributed by atoms with Gasteiger partial charge in [-0.05, 0) is 19.9 Å². The average molecular weight is 172 g/mol. The Balaban J connectivity index is 2.28. The molecule has 0 saturated carbocycles. The van der Waals surface area contributed by atoms with Crippen molar-refractivity contribution < 1.29 is 4.74 Å². The SMILES string of the molecule is CCN1CCC(OCCN)C1C. The number of likely N-dealkylation sites (N-methyl/N-ethyl adjacent to an activating group) is 1. The molecule has 0 aromatic heterocycles. The van der Waals surface area contributed by atoms with Crippen LogP contribution in [0.1, 0.15) is 20.3 Å². The van der Waals surface area contributed by atoms with Gasteiger partial charge in [-0.3, -0.25) is 4.90 Å². The molecule has 0 spiro atoms. The van der Waals surface area contributed by atoms with E-state index in [1.165, 1.54) is 6.54 Å². The van der Waals surface area contributed by atoms with Gasteiger partial charge in [0.05, 0.1) is 12.7 Å². The van der Waals surface area contributed by atoms with Crippen LogP contribution in [0.15, 0.2) is 0 Å². The first-order valence-electron chi connectivity index (χ1n) is 4.85. The summed E-state index contributed by atoms with van der Waals surface area (Å²) in [6.07, 6.45) is 1.57. The van der Waals surface area contributed by atoms with Gasteiger partial charge in [-0.1, -0.05) is 6.92 Å². The highest BCUT2D eigenvalue weighted by molar-refractivity contribution is 4.83. The molecule has 0 radical (unpaired) electrons. The Labute approximate surface area is 74.9 Å². The lowest BCUT2D eigenvalue weighted by atomic mass is 10.2. The van der Waals surface area contributed by atoms with E-state index < -0.39 is 0 Å². The molecule has 1 rings (SSSR count). The topological polar surface area (TPSA) is 38.5 Å². The summed E-state index contributed by atoms with van der Waals surface area (Å²) < 4.78 is 5.63. The highest BCUT2D eigenvalue weighted by Gasteiger charge is 2.29. The summed E-state index contributed by atoms with van der Waals surface area (Å²) in [6, 6.07) is 0.571. The lowest BCUT2D eigenvalue weighted by molar-refractivity contribution is 0.0378. The molecule has 0 aromatic rings. The number of hydrogen-bond acceptors (Lipinski definition) is 3. The number of nitrogens with two attached hydrogens (primary N) is 1. The minimum absolute atomic E-state index is 0.411. The van der Waals surface area contributed by atoms with Crippen molar-refractivity contribution in [1.29, 1.82) is 0 Å². The summed E-state index contributed by atoms with van der Waals surface area (Å²) in [7, 11) is 0. The van der Waals surface area contributed by atoms with Gasteiger partial charge in [0.2, 0.25) is 0 Å². The second kappa shape index (κ2) is 4.80. The first-order chi connectivity index (χ1) is 5.79. The third-order valence-corrected chi connectivity index (χ3v) is 2.67. The van der Waals surface area contributed by atoms with E-state index in [1.807, 2.05) is 0 Å². The Kier molecular flexibility index (Phi) is 3.98. The van der Waals surface area contributed by atoms with Crippen molar-refractivity contribution in [2.45, 2.75) is 32.4 Å². The molecule has 72 valence electrons. The normalized spacial score (nSPS) is 31.2. The van der Waals surface area contributed by atoms with Gasteiger partial charge in [0, 0.05) is 19.1 Å². The molecule has 0 bridgehead atoms. The summed E-state index contributed by atoms with van der Waals surface area (Å²) in [5, 5.41) is 0. The Hall–Kier alpha value is -0.120. The Morgan fingerprint density at radius 2 is 2.33 bits per heavy atom. The second-order valence-corrected chi connectivity index (χ2v) is 3.36. The lowest BCUT2D eigenvalue weighted by Gasteiger charge is -2.22. The molecule has 12 heavy (non-hydrogen) atoms. The first kappa shape index (κ1) is 9.96. The fourth-order valence-electron chi connectivity index (χ4n) is 1.86. The van der Waals surface area contributed by atoms with Crippen LogP contribution < -0.4 is 5.73 Å². The maximum atomic E-state index is 5.63. The standard InChI is InChI=1S/C9H20N2O/c1-3-11-6-4-9(8(11)2)12-7-5-10/h8-9H,3-7,10H2,1-2H3. The number of ether oxygens (including phenoxy) is 1. The van der Waals surface area contributed by atoms with E-state index in [0.29, 0.717) is 25.3 Å². The van der Waals surface area contributed by atoms with E-state index in [1.54, 1.807) is 0 Å². The Bertz CT molecular complexity index is 130. The second-order valence-electron chi connectivity index (χ2n) is 3.36. The molecule has 1 heterocycles. The molecule has 2 N–H and O–H groups in total. The van der Waals surface area contributed by atoms with Gasteiger partial charge in [0.25, 0.3) is 0 Å². The van der Waals surface area contributed by atoms with Gasteiger partial charge in [-0.15, -0.1) is 0 Å². The smallest absolute Gasteiger partial charge is 0.0740 e. The molecule has 3 heteroatoms.